The molecule has 0 spiro atoms. The summed E-state index contributed by atoms with van der Waals surface area (Å²) in [5, 5.41) is 13.1. The molecule has 29 heavy (non-hydrogen) atoms. The molecule has 7 nitrogen and oxygen atoms in total. The normalized spacial score (nSPS) is 11.8. The lowest BCUT2D eigenvalue weighted by Crippen LogP contribution is -2.34. The minimum absolute atomic E-state index is 0.0236. The number of nitrogens with one attached hydrogen (secondary N) is 1. The third-order valence-electron chi connectivity index (χ3n) is 4.77. The van der Waals surface area contributed by atoms with Crippen LogP contribution in [0, 0.1) is 5.92 Å². The van der Waals surface area contributed by atoms with Crippen molar-refractivity contribution in [3.8, 4) is 11.5 Å². The number of aliphatic carboxylic acids is 1. The Kier molecular flexibility index (Phi) is 6.39. The van der Waals surface area contributed by atoms with Crippen LogP contribution < -0.4 is 14.8 Å². The SMILES string of the molecule is COc1ccc2c(CC(=O)NCC(Cc3ccccc3OC)C(=O)O)coc2c1. The minimum Gasteiger partial charge on any atom is -0.497 e. The summed E-state index contributed by atoms with van der Waals surface area (Å²) in [6.45, 7) is 0.0236. The highest BCUT2D eigenvalue weighted by molar-refractivity contribution is 5.88. The first-order valence-electron chi connectivity index (χ1n) is 9.17. The maximum atomic E-state index is 12.4. The van der Waals surface area contributed by atoms with E-state index < -0.39 is 11.9 Å². The molecule has 1 unspecified atom stereocenters. The van der Waals surface area contributed by atoms with E-state index in [9.17, 15) is 14.7 Å². The number of amides is 1. The first-order chi connectivity index (χ1) is 14.0. The van der Waals surface area contributed by atoms with Crippen molar-refractivity contribution in [1.29, 1.82) is 0 Å². The van der Waals surface area contributed by atoms with Gasteiger partial charge in [-0.05, 0) is 30.2 Å². The molecule has 0 radical (unpaired) electrons. The molecule has 152 valence electrons. The van der Waals surface area contributed by atoms with Gasteiger partial charge in [-0.25, -0.2) is 0 Å². The van der Waals surface area contributed by atoms with Crippen molar-refractivity contribution in [2.45, 2.75) is 12.8 Å². The number of hydrogen-bond donors (Lipinski definition) is 2. The highest BCUT2D eigenvalue weighted by Crippen LogP contribution is 2.26. The minimum atomic E-state index is -0.975. The van der Waals surface area contributed by atoms with Crippen molar-refractivity contribution in [2.24, 2.45) is 5.92 Å². The zero-order valence-electron chi connectivity index (χ0n) is 16.3. The number of carbonyl (C=O) groups excluding carboxylic acids is 1. The molecule has 0 aliphatic heterocycles. The van der Waals surface area contributed by atoms with Crippen molar-refractivity contribution in [2.75, 3.05) is 20.8 Å². The number of rotatable bonds is 9. The molecule has 7 heteroatoms. The van der Waals surface area contributed by atoms with Gasteiger partial charge in [-0.15, -0.1) is 0 Å². The number of methoxy groups -OCH3 is 2. The third kappa shape index (κ3) is 4.87. The highest BCUT2D eigenvalue weighted by Gasteiger charge is 2.21. The van der Waals surface area contributed by atoms with Crippen LogP contribution in [0.1, 0.15) is 11.1 Å². The fourth-order valence-electron chi connectivity index (χ4n) is 3.18. The average Bonchev–Trinajstić information content (AvgIpc) is 3.12. The second-order valence-electron chi connectivity index (χ2n) is 6.66. The summed E-state index contributed by atoms with van der Waals surface area (Å²) >= 11 is 0. The van der Waals surface area contributed by atoms with Crippen LogP contribution in [-0.2, 0) is 22.4 Å². The van der Waals surface area contributed by atoms with Crippen LogP contribution in [0.2, 0.25) is 0 Å². The molecule has 2 aromatic carbocycles. The molecule has 0 saturated carbocycles. The summed E-state index contributed by atoms with van der Waals surface area (Å²) in [5.41, 5.74) is 2.15. The Balaban J connectivity index is 1.63. The molecule has 0 fully saturated rings. The van der Waals surface area contributed by atoms with Crippen molar-refractivity contribution in [1.82, 2.24) is 5.32 Å². The summed E-state index contributed by atoms with van der Waals surface area (Å²) in [5.74, 6) is -0.707. The van der Waals surface area contributed by atoms with E-state index in [1.807, 2.05) is 24.3 Å². The van der Waals surface area contributed by atoms with Gasteiger partial charge in [0.2, 0.25) is 5.91 Å². The zero-order chi connectivity index (χ0) is 20.8. The molecular formula is C22H23NO6. The van der Waals surface area contributed by atoms with Crippen LogP contribution >= 0.6 is 0 Å². The standard InChI is InChI=1S/C22H23NO6/c1-27-17-7-8-18-16(13-29-20(18)11-17)10-21(24)23-12-15(22(25)26)9-14-5-3-4-6-19(14)28-2/h3-8,11,13,15H,9-10,12H2,1-2H3,(H,23,24)(H,25,26). The number of benzene rings is 2. The van der Waals surface area contributed by atoms with Crippen LogP contribution in [0.25, 0.3) is 11.0 Å². The van der Waals surface area contributed by atoms with Gasteiger partial charge in [0.25, 0.3) is 0 Å². The average molecular weight is 397 g/mol. The molecule has 3 rings (SSSR count). The molecule has 3 aromatic rings. The zero-order valence-corrected chi connectivity index (χ0v) is 16.3. The molecule has 1 amide bonds. The van der Waals surface area contributed by atoms with E-state index in [0.29, 0.717) is 17.1 Å². The first-order valence-corrected chi connectivity index (χ1v) is 9.17. The molecular weight excluding hydrogens is 374 g/mol. The molecule has 2 N–H and O–H groups in total. The summed E-state index contributed by atoms with van der Waals surface area (Å²) in [6.07, 6.45) is 1.89. The highest BCUT2D eigenvalue weighted by atomic mass is 16.5. The maximum Gasteiger partial charge on any atom is 0.308 e. The Hall–Kier alpha value is -3.48. The molecule has 1 heterocycles. The quantitative estimate of drug-likeness (QED) is 0.576. The number of fused-ring (bicyclic) bond motifs is 1. The second kappa shape index (κ2) is 9.14. The van der Waals surface area contributed by atoms with E-state index in [4.69, 9.17) is 13.9 Å². The largest absolute Gasteiger partial charge is 0.497 e. The van der Waals surface area contributed by atoms with Crippen LogP contribution in [0.15, 0.2) is 53.1 Å². The van der Waals surface area contributed by atoms with Gasteiger partial charge in [0, 0.05) is 23.6 Å². The molecule has 0 bridgehead atoms. The van der Waals surface area contributed by atoms with Gasteiger partial charge in [0.1, 0.15) is 17.1 Å². The van der Waals surface area contributed by atoms with Crippen molar-refractivity contribution >= 4 is 22.8 Å². The second-order valence-corrected chi connectivity index (χ2v) is 6.66. The van der Waals surface area contributed by atoms with E-state index in [2.05, 4.69) is 5.32 Å². The topological polar surface area (TPSA) is 98.0 Å². The van der Waals surface area contributed by atoms with Crippen molar-refractivity contribution < 1.29 is 28.6 Å². The van der Waals surface area contributed by atoms with Gasteiger partial charge < -0.3 is 24.3 Å². The Labute approximate surface area is 168 Å². The monoisotopic (exact) mass is 397 g/mol. The Morgan fingerprint density at radius 2 is 1.90 bits per heavy atom. The van der Waals surface area contributed by atoms with E-state index in [1.54, 1.807) is 32.4 Å². The first kappa shape index (κ1) is 20.3. The molecule has 1 atom stereocenters. The Morgan fingerprint density at radius 3 is 2.62 bits per heavy atom. The molecule has 0 aliphatic rings. The van der Waals surface area contributed by atoms with Crippen molar-refractivity contribution in [3.05, 3.63) is 59.9 Å². The number of hydrogen-bond acceptors (Lipinski definition) is 5. The van der Waals surface area contributed by atoms with Crippen LogP contribution in [0.3, 0.4) is 0 Å². The fraction of sp³-hybridized carbons (Fsp3) is 0.273. The smallest absolute Gasteiger partial charge is 0.308 e. The van der Waals surface area contributed by atoms with Crippen LogP contribution in [0.5, 0.6) is 11.5 Å². The summed E-state index contributed by atoms with van der Waals surface area (Å²) < 4.78 is 15.9. The summed E-state index contributed by atoms with van der Waals surface area (Å²) in [7, 11) is 3.11. The van der Waals surface area contributed by atoms with Crippen molar-refractivity contribution in [3.63, 3.8) is 0 Å². The number of carbonyl (C=O) groups is 2. The van der Waals surface area contributed by atoms with E-state index in [-0.39, 0.29) is 25.3 Å². The molecule has 0 saturated heterocycles. The van der Waals surface area contributed by atoms with Gasteiger partial charge >= 0.3 is 5.97 Å². The number of carboxylic acid groups (broad SMARTS) is 1. The number of ether oxygens (including phenoxy) is 2. The lowest BCUT2D eigenvalue weighted by atomic mass is 9.98. The maximum absolute atomic E-state index is 12.4. The van der Waals surface area contributed by atoms with E-state index in [1.165, 1.54) is 6.26 Å². The fourth-order valence-corrected chi connectivity index (χ4v) is 3.18. The Bertz CT molecular complexity index is 1010. The van der Waals surface area contributed by atoms with Crippen LogP contribution in [-0.4, -0.2) is 37.7 Å². The van der Waals surface area contributed by atoms with Crippen LogP contribution in [0.4, 0.5) is 0 Å². The van der Waals surface area contributed by atoms with Gasteiger partial charge in [-0.3, -0.25) is 9.59 Å². The predicted molar refractivity (Wildman–Crippen MR) is 107 cm³/mol. The van der Waals surface area contributed by atoms with Gasteiger partial charge in [0.05, 0.1) is 32.8 Å². The lowest BCUT2D eigenvalue weighted by Gasteiger charge is -2.15. The number of carboxylic acids is 1. The summed E-state index contributed by atoms with van der Waals surface area (Å²) in [6, 6.07) is 12.6. The predicted octanol–water partition coefficient (Wildman–Crippen LogP) is 3.05. The third-order valence-corrected chi connectivity index (χ3v) is 4.77. The Morgan fingerprint density at radius 1 is 1.10 bits per heavy atom. The summed E-state index contributed by atoms with van der Waals surface area (Å²) in [4.78, 5) is 24.0. The van der Waals surface area contributed by atoms with Gasteiger partial charge in [-0.1, -0.05) is 18.2 Å². The molecule has 1 aromatic heterocycles. The number of para-hydroxylation sites is 1. The van der Waals surface area contributed by atoms with E-state index in [0.717, 1.165) is 16.5 Å². The van der Waals surface area contributed by atoms with E-state index >= 15 is 0 Å². The van der Waals surface area contributed by atoms with Gasteiger partial charge in [0.15, 0.2) is 0 Å². The molecule has 0 aliphatic carbocycles. The lowest BCUT2D eigenvalue weighted by molar-refractivity contribution is -0.141. The van der Waals surface area contributed by atoms with Gasteiger partial charge in [-0.2, -0.15) is 0 Å². The number of furan rings is 1.